The van der Waals surface area contributed by atoms with E-state index in [0.717, 1.165) is 31.5 Å². The van der Waals surface area contributed by atoms with E-state index >= 15 is 0 Å². The van der Waals surface area contributed by atoms with Gasteiger partial charge in [-0.25, -0.2) is 0 Å². The molecule has 1 aromatic carbocycles. The minimum Gasteiger partial charge on any atom is -0.327 e. The van der Waals surface area contributed by atoms with Crippen molar-refractivity contribution in [1.82, 2.24) is 9.88 Å². The number of aromatic nitrogens is 1. The highest BCUT2D eigenvalue weighted by Gasteiger charge is 2.18. The van der Waals surface area contributed by atoms with Gasteiger partial charge in [0.25, 0.3) is 5.56 Å². The first-order valence-corrected chi connectivity index (χ1v) is 8.83. The monoisotopic (exact) mass is 342 g/mol. The van der Waals surface area contributed by atoms with Crippen molar-refractivity contribution in [1.29, 1.82) is 0 Å². The molecule has 0 spiro atoms. The molecule has 1 N–H and O–H groups in total. The van der Waals surface area contributed by atoms with Crippen molar-refractivity contribution in [3.63, 3.8) is 0 Å². The van der Waals surface area contributed by atoms with E-state index in [4.69, 9.17) is 11.6 Å². The third-order valence-electron chi connectivity index (χ3n) is 4.71. The van der Waals surface area contributed by atoms with E-state index < -0.39 is 0 Å². The average Bonchev–Trinajstić information content (AvgIpc) is 2.59. The molecule has 0 bridgehead atoms. The number of benzene rings is 1. The number of rotatable bonds is 4. The molecule has 126 valence electrons. The predicted octanol–water partition coefficient (Wildman–Crippen LogP) is 4.26. The maximum atomic E-state index is 11.8. The Bertz CT molecular complexity index is 773. The third-order valence-corrected chi connectivity index (χ3v) is 4.93. The predicted molar refractivity (Wildman–Crippen MR) is 100 cm³/mol. The summed E-state index contributed by atoms with van der Waals surface area (Å²) >= 11 is 5.97. The summed E-state index contributed by atoms with van der Waals surface area (Å²) in [5.41, 5.74) is 3.31. The molecule has 0 aliphatic carbocycles. The third kappa shape index (κ3) is 4.37. The standard InChI is InChI=1S/C20H23ClN2O/c1-15-4-2-3-5-17(15)7-6-16-8-10-23(11-9-16)14-18-12-19(21)13-22-20(18)24/h2-7,12-13,16H,8-11,14H2,1H3,(H,22,24)/b7-6+. The summed E-state index contributed by atoms with van der Waals surface area (Å²) in [6.07, 6.45) is 8.38. The molecule has 1 saturated heterocycles. The van der Waals surface area contributed by atoms with Crippen LogP contribution in [0.3, 0.4) is 0 Å². The zero-order valence-electron chi connectivity index (χ0n) is 14.0. The highest BCUT2D eigenvalue weighted by atomic mass is 35.5. The summed E-state index contributed by atoms with van der Waals surface area (Å²) in [4.78, 5) is 16.9. The van der Waals surface area contributed by atoms with Gasteiger partial charge in [-0.1, -0.05) is 48.0 Å². The Morgan fingerprint density at radius 1 is 1.29 bits per heavy atom. The molecule has 24 heavy (non-hydrogen) atoms. The molecule has 1 aliphatic heterocycles. The molecule has 2 heterocycles. The van der Waals surface area contributed by atoms with Gasteiger partial charge in [0, 0.05) is 18.3 Å². The summed E-state index contributed by atoms with van der Waals surface area (Å²) in [6.45, 7) is 4.83. The van der Waals surface area contributed by atoms with E-state index in [0.29, 0.717) is 17.5 Å². The van der Waals surface area contributed by atoms with Crippen LogP contribution in [-0.2, 0) is 6.54 Å². The molecule has 0 unspecified atom stereocenters. The SMILES string of the molecule is Cc1ccccc1/C=C/C1CCN(Cc2cc(Cl)c[nH]c2=O)CC1. The number of allylic oxidation sites excluding steroid dienone is 1. The van der Waals surface area contributed by atoms with Crippen molar-refractivity contribution in [2.45, 2.75) is 26.3 Å². The minimum absolute atomic E-state index is 0.0408. The molecule has 0 amide bonds. The fourth-order valence-corrected chi connectivity index (χ4v) is 3.36. The average molecular weight is 343 g/mol. The van der Waals surface area contributed by atoms with E-state index in [9.17, 15) is 4.79 Å². The van der Waals surface area contributed by atoms with E-state index in [1.54, 1.807) is 6.07 Å². The lowest BCUT2D eigenvalue weighted by Gasteiger charge is -2.30. The van der Waals surface area contributed by atoms with E-state index in [1.807, 2.05) is 0 Å². The molecule has 1 aromatic heterocycles. The van der Waals surface area contributed by atoms with Crippen LogP contribution in [0.15, 0.2) is 47.4 Å². The smallest absolute Gasteiger partial charge is 0.252 e. The number of aromatic amines is 1. The lowest BCUT2D eigenvalue weighted by Crippen LogP contribution is -2.34. The van der Waals surface area contributed by atoms with Gasteiger partial charge >= 0.3 is 0 Å². The van der Waals surface area contributed by atoms with Crippen LogP contribution in [-0.4, -0.2) is 23.0 Å². The number of H-pyrrole nitrogens is 1. The van der Waals surface area contributed by atoms with Gasteiger partial charge in [-0.3, -0.25) is 9.69 Å². The van der Waals surface area contributed by atoms with Crippen molar-refractivity contribution in [2.24, 2.45) is 5.92 Å². The Balaban J connectivity index is 1.55. The molecule has 1 aliphatic rings. The van der Waals surface area contributed by atoms with Crippen LogP contribution in [0.25, 0.3) is 6.08 Å². The number of pyridine rings is 1. The number of aryl methyl sites for hydroxylation is 1. The molecule has 4 heteroatoms. The Morgan fingerprint density at radius 2 is 2.04 bits per heavy atom. The fraction of sp³-hybridized carbons (Fsp3) is 0.350. The first kappa shape index (κ1) is 17.0. The number of piperidine rings is 1. The largest absolute Gasteiger partial charge is 0.327 e. The summed E-state index contributed by atoms with van der Waals surface area (Å²) in [5.74, 6) is 0.610. The Kier molecular flexibility index (Phi) is 5.54. The summed E-state index contributed by atoms with van der Waals surface area (Å²) in [7, 11) is 0. The molecule has 1 fully saturated rings. The number of nitrogens with one attached hydrogen (secondary N) is 1. The number of nitrogens with zero attached hydrogens (tertiary/aromatic N) is 1. The van der Waals surface area contributed by atoms with Gasteiger partial charge in [-0.05, 0) is 56.0 Å². The Morgan fingerprint density at radius 3 is 2.79 bits per heavy atom. The van der Waals surface area contributed by atoms with Crippen molar-refractivity contribution in [3.8, 4) is 0 Å². The van der Waals surface area contributed by atoms with Crippen LogP contribution < -0.4 is 5.56 Å². The molecule has 0 atom stereocenters. The molecule has 3 rings (SSSR count). The molecular formula is C20H23ClN2O. The summed E-state index contributed by atoms with van der Waals surface area (Å²) < 4.78 is 0. The number of likely N-dealkylation sites (tertiary alicyclic amines) is 1. The zero-order chi connectivity index (χ0) is 16.9. The van der Waals surface area contributed by atoms with Crippen molar-refractivity contribution in [2.75, 3.05) is 13.1 Å². The van der Waals surface area contributed by atoms with Crippen LogP contribution in [0, 0.1) is 12.8 Å². The van der Waals surface area contributed by atoms with Crippen molar-refractivity contribution < 1.29 is 0 Å². The van der Waals surface area contributed by atoms with Gasteiger partial charge < -0.3 is 4.98 Å². The van der Waals surface area contributed by atoms with Crippen LogP contribution in [0.1, 0.15) is 29.5 Å². The van der Waals surface area contributed by atoms with Crippen LogP contribution in [0.2, 0.25) is 5.02 Å². The molecule has 0 saturated carbocycles. The second kappa shape index (κ2) is 7.82. The first-order valence-electron chi connectivity index (χ1n) is 8.45. The topological polar surface area (TPSA) is 36.1 Å². The molecule has 2 aromatic rings. The van der Waals surface area contributed by atoms with Gasteiger partial charge in [0.05, 0.1) is 5.02 Å². The van der Waals surface area contributed by atoms with Crippen molar-refractivity contribution >= 4 is 17.7 Å². The molecular weight excluding hydrogens is 320 g/mol. The van der Waals surface area contributed by atoms with Crippen LogP contribution in [0.4, 0.5) is 0 Å². The van der Waals surface area contributed by atoms with Gasteiger partial charge in [-0.15, -0.1) is 0 Å². The van der Waals surface area contributed by atoms with Gasteiger partial charge in [0.2, 0.25) is 0 Å². The highest BCUT2D eigenvalue weighted by molar-refractivity contribution is 6.30. The van der Waals surface area contributed by atoms with Gasteiger partial charge in [0.15, 0.2) is 0 Å². The Hall–Kier alpha value is -1.84. The second-order valence-corrected chi connectivity index (χ2v) is 6.94. The zero-order valence-corrected chi connectivity index (χ0v) is 14.7. The first-order chi connectivity index (χ1) is 11.6. The van der Waals surface area contributed by atoms with E-state index in [-0.39, 0.29) is 5.56 Å². The summed E-state index contributed by atoms with van der Waals surface area (Å²) in [5, 5.41) is 0.584. The quantitative estimate of drug-likeness (QED) is 0.901. The molecule has 0 radical (unpaired) electrons. The maximum Gasteiger partial charge on any atom is 0.252 e. The normalized spacial score (nSPS) is 16.8. The summed E-state index contributed by atoms with van der Waals surface area (Å²) in [6, 6.07) is 10.2. The van der Waals surface area contributed by atoms with Gasteiger partial charge in [0.1, 0.15) is 0 Å². The lowest BCUT2D eigenvalue weighted by molar-refractivity contribution is 0.195. The van der Waals surface area contributed by atoms with Crippen LogP contribution in [0.5, 0.6) is 0 Å². The number of hydrogen-bond acceptors (Lipinski definition) is 2. The van der Waals surface area contributed by atoms with E-state index in [2.05, 4.69) is 53.2 Å². The number of halogens is 1. The van der Waals surface area contributed by atoms with E-state index in [1.165, 1.54) is 17.3 Å². The minimum atomic E-state index is -0.0408. The maximum absolute atomic E-state index is 11.8. The Labute approximate surface area is 148 Å². The van der Waals surface area contributed by atoms with Gasteiger partial charge in [-0.2, -0.15) is 0 Å². The van der Waals surface area contributed by atoms with Crippen molar-refractivity contribution in [3.05, 3.63) is 74.7 Å². The number of hydrogen-bond donors (Lipinski definition) is 1. The lowest BCUT2D eigenvalue weighted by atomic mass is 9.95. The second-order valence-electron chi connectivity index (χ2n) is 6.50. The fourth-order valence-electron chi connectivity index (χ4n) is 3.18. The molecule has 3 nitrogen and oxygen atoms in total. The van der Waals surface area contributed by atoms with Crippen LogP contribution >= 0.6 is 11.6 Å². The highest BCUT2D eigenvalue weighted by Crippen LogP contribution is 2.21.